The highest BCUT2D eigenvalue weighted by Gasteiger charge is 2.23. The molecule has 0 saturated heterocycles. The lowest BCUT2D eigenvalue weighted by molar-refractivity contribution is -0.131. The molecule has 6 heteroatoms. The molecule has 6 nitrogen and oxygen atoms in total. The number of aldehydes is 1. The van der Waals surface area contributed by atoms with Gasteiger partial charge >= 0.3 is 5.97 Å². The predicted molar refractivity (Wildman–Crippen MR) is 96.0 cm³/mol. The Morgan fingerprint density at radius 2 is 1.85 bits per heavy atom. The second-order valence-corrected chi connectivity index (χ2v) is 5.92. The van der Waals surface area contributed by atoms with E-state index in [0.29, 0.717) is 29.6 Å². The molecule has 0 aliphatic heterocycles. The first-order valence-electron chi connectivity index (χ1n) is 8.18. The molecule has 1 amide bonds. The van der Waals surface area contributed by atoms with E-state index < -0.39 is 24.0 Å². The van der Waals surface area contributed by atoms with E-state index in [2.05, 4.69) is 5.32 Å². The summed E-state index contributed by atoms with van der Waals surface area (Å²) in [5, 5.41) is 12.7. The van der Waals surface area contributed by atoms with Gasteiger partial charge < -0.3 is 20.0 Å². The topological polar surface area (TPSA) is 92.7 Å². The van der Waals surface area contributed by atoms with Crippen molar-refractivity contribution in [3.8, 4) is 5.75 Å². The maximum atomic E-state index is 12.6. The maximum Gasteiger partial charge on any atom is 0.308 e. The Hall–Kier alpha value is -2.99. The van der Waals surface area contributed by atoms with Gasteiger partial charge in [-0.25, -0.2) is 0 Å². The fourth-order valence-corrected chi connectivity index (χ4v) is 2.59. The molecule has 0 radical (unpaired) electrons. The van der Waals surface area contributed by atoms with Crippen LogP contribution in [0.3, 0.4) is 0 Å². The summed E-state index contributed by atoms with van der Waals surface area (Å²) >= 11 is 0. The van der Waals surface area contributed by atoms with Gasteiger partial charge in [-0.2, -0.15) is 0 Å². The Labute approximate surface area is 151 Å². The molecule has 0 bridgehead atoms. The molecule has 0 spiro atoms. The molecule has 0 heterocycles. The van der Waals surface area contributed by atoms with Crippen LogP contribution in [0.4, 0.5) is 0 Å². The molecule has 2 unspecified atom stereocenters. The van der Waals surface area contributed by atoms with Gasteiger partial charge in [0.15, 0.2) is 6.29 Å². The van der Waals surface area contributed by atoms with Crippen LogP contribution in [0.15, 0.2) is 48.5 Å². The normalized spacial score (nSPS) is 12.7. The van der Waals surface area contributed by atoms with E-state index in [1.165, 1.54) is 6.92 Å². The zero-order valence-electron chi connectivity index (χ0n) is 14.6. The lowest BCUT2D eigenvalue weighted by atomic mass is 10.0. The molecule has 2 N–H and O–H groups in total. The number of ether oxygens (including phenoxy) is 1. The second kappa shape index (κ2) is 8.92. The van der Waals surface area contributed by atoms with Gasteiger partial charge in [0.05, 0.1) is 6.04 Å². The number of hydrogen-bond acceptors (Lipinski definition) is 5. The summed E-state index contributed by atoms with van der Waals surface area (Å²) in [5.41, 5.74) is 1.68. The van der Waals surface area contributed by atoms with Crippen LogP contribution in [0.5, 0.6) is 5.75 Å². The fourth-order valence-electron chi connectivity index (χ4n) is 2.59. The van der Waals surface area contributed by atoms with Crippen LogP contribution >= 0.6 is 0 Å². The van der Waals surface area contributed by atoms with E-state index in [1.54, 1.807) is 25.1 Å². The Bertz CT molecular complexity index is 788. The Kier molecular flexibility index (Phi) is 6.63. The van der Waals surface area contributed by atoms with Gasteiger partial charge in [0.1, 0.15) is 11.9 Å². The van der Waals surface area contributed by atoms with Crippen molar-refractivity contribution >= 4 is 18.2 Å². The van der Waals surface area contributed by atoms with Crippen molar-refractivity contribution in [3.05, 3.63) is 65.2 Å². The summed E-state index contributed by atoms with van der Waals surface area (Å²) < 4.78 is 5.08. The Morgan fingerprint density at radius 3 is 2.46 bits per heavy atom. The van der Waals surface area contributed by atoms with Gasteiger partial charge in [-0.1, -0.05) is 36.4 Å². The summed E-state index contributed by atoms with van der Waals surface area (Å²) in [6.07, 6.45) is -0.637. The molecule has 0 aromatic heterocycles. The molecule has 0 aliphatic carbocycles. The fraction of sp³-hybridized carbons (Fsp3) is 0.250. The number of benzene rings is 2. The number of esters is 1. The molecule has 2 aromatic carbocycles. The number of hydrogen-bond donors (Lipinski definition) is 2. The van der Waals surface area contributed by atoms with Crippen molar-refractivity contribution in [2.24, 2.45) is 0 Å². The predicted octanol–water partition coefficient (Wildman–Crippen LogP) is 1.82. The van der Waals surface area contributed by atoms with Gasteiger partial charge in [0, 0.05) is 18.1 Å². The molecular formula is C20H21NO5. The highest BCUT2D eigenvalue weighted by atomic mass is 16.5. The lowest BCUT2D eigenvalue weighted by Crippen LogP contribution is -2.45. The molecule has 0 saturated carbocycles. The van der Waals surface area contributed by atoms with E-state index in [1.807, 2.05) is 30.3 Å². The Balaban J connectivity index is 2.21. The van der Waals surface area contributed by atoms with E-state index >= 15 is 0 Å². The molecule has 2 aromatic rings. The minimum atomic E-state index is -1.34. The molecule has 0 fully saturated rings. The number of aliphatic hydroxyl groups excluding tert-OH is 1. The monoisotopic (exact) mass is 355 g/mol. The zero-order chi connectivity index (χ0) is 19.1. The third kappa shape index (κ3) is 5.00. The summed E-state index contributed by atoms with van der Waals surface area (Å²) in [5.74, 6) is -0.650. The minimum absolute atomic E-state index is 0.292. The van der Waals surface area contributed by atoms with Gasteiger partial charge in [0.2, 0.25) is 0 Å². The van der Waals surface area contributed by atoms with Crippen molar-refractivity contribution in [1.82, 2.24) is 5.32 Å². The number of amides is 1. The minimum Gasteiger partial charge on any atom is -0.426 e. The third-order valence-corrected chi connectivity index (χ3v) is 3.95. The quantitative estimate of drug-likeness (QED) is 0.449. The van der Waals surface area contributed by atoms with Crippen LogP contribution in [0.2, 0.25) is 0 Å². The molecule has 2 rings (SSSR count). The number of nitrogens with one attached hydrogen (secondary N) is 1. The van der Waals surface area contributed by atoms with Gasteiger partial charge in [0.25, 0.3) is 5.91 Å². The van der Waals surface area contributed by atoms with Crippen LogP contribution in [-0.4, -0.2) is 35.4 Å². The van der Waals surface area contributed by atoms with E-state index in [4.69, 9.17) is 4.74 Å². The number of carbonyl (C=O) groups is 3. The molecule has 2 atom stereocenters. The second-order valence-electron chi connectivity index (χ2n) is 5.92. The lowest BCUT2D eigenvalue weighted by Gasteiger charge is -2.21. The highest BCUT2D eigenvalue weighted by Crippen LogP contribution is 2.22. The van der Waals surface area contributed by atoms with Crippen molar-refractivity contribution in [1.29, 1.82) is 0 Å². The van der Waals surface area contributed by atoms with Crippen LogP contribution in [-0.2, 0) is 16.0 Å². The Morgan fingerprint density at radius 1 is 1.15 bits per heavy atom. The van der Waals surface area contributed by atoms with Crippen molar-refractivity contribution in [2.75, 3.05) is 0 Å². The average molecular weight is 355 g/mol. The molecule has 26 heavy (non-hydrogen) atoms. The van der Waals surface area contributed by atoms with E-state index in [-0.39, 0.29) is 0 Å². The maximum absolute atomic E-state index is 12.6. The van der Waals surface area contributed by atoms with Crippen LogP contribution < -0.4 is 10.1 Å². The smallest absolute Gasteiger partial charge is 0.308 e. The summed E-state index contributed by atoms with van der Waals surface area (Å²) in [6.45, 7) is 2.94. The van der Waals surface area contributed by atoms with E-state index in [0.717, 1.165) is 5.56 Å². The standard InChI is InChI=1S/C20H21NO5/c1-13-16(9-6-10-19(13)26-14(2)23)20(25)21-17(18(24)12-22)11-15-7-4-3-5-8-15/h3-10,12,17-18,24H,11H2,1-2H3,(H,21,25). The SMILES string of the molecule is CC(=O)Oc1cccc(C(=O)NC(Cc2ccccc2)C(O)C=O)c1C. The highest BCUT2D eigenvalue weighted by molar-refractivity contribution is 5.96. The van der Waals surface area contributed by atoms with Crippen LogP contribution in [0.25, 0.3) is 0 Å². The first kappa shape index (κ1) is 19.3. The average Bonchev–Trinajstić information content (AvgIpc) is 2.62. The van der Waals surface area contributed by atoms with Gasteiger partial charge in [-0.15, -0.1) is 0 Å². The molecule has 136 valence electrons. The zero-order valence-corrected chi connectivity index (χ0v) is 14.6. The molecular weight excluding hydrogens is 334 g/mol. The largest absolute Gasteiger partial charge is 0.426 e. The van der Waals surface area contributed by atoms with Gasteiger partial charge in [-0.05, 0) is 31.0 Å². The van der Waals surface area contributed by atoms with E-state index in [9.17, 15) is 19.5 Å². The first-order valence-corrected chi connectivity index (χ1v) is 8.18. The summed E-state index contributed by atoms with van der Waals surface area (Å²) in [7, 11) is 0. The van der Waals surface area contributed by atoms with Crippen molar-refractivity contribution in [2.45, 2.75) is 32.4 Å². The van der Waals surface area contributed by atoms with Crippen molar-refractivity contribution in [3.63, 3.8) is 0 Å². The summed E-state index contributed by atoms with van der Waals surface area (Å²) in [6, 6.07) is 13.2. The number of carbonyl (C=O) groups excluding carboxylic acids is 3. The van der Waals surface area contributed by atoms with Crippen LogP contribution in [0.1, 0.15) is 28.4 Å². The number of aliphatic hydroxyl groups is 1. The third-order valence-electron chi connectivity index (χ3n) is 3.95. The van der Waals surface area contributed by atoms with Gasteiger partial charge in [-0.3, -0.25) is 9.59 Å². The number of rotatable bonds is 7. The van der Waals surface area contributed by atoms with Crippen LogP contribution in [0, 0.1) is 6.92 Å². The molecule has 0 aliphatic rings. The van der Waals surface area contributed by atoms with Crippen molar-refractivity contribution < 1.29 is 24.2 Å². The summed E-state index contributed by atoms with van der Waals surface area (Å²) in [4.78, 5) is 34.8. The first-order chi connectivity index (χ1) is 12.4.